The number of carbonyl (C=O) groups excluding carboxylic acids is 1. The maximum absolute atomic E-state index is 12.2. The third kappa shape index (κ3) is 3.20. The molecule has 0 bridgehead atoms. The lowest BCUT2D eigenvalue weighted by Crippen LogP contribution is -2.33. The Balaban J connectivity index is 2.23. The first-order chi connectivity index (χ1) is 9.22. The molecule has 1 aromatic heterocycles. The summed E-state index contributed by atoms with van der Waals surface area (Å²) in [5.41, 5.74) is 1.30. The highest BCUT2D eigenvalue weighted by atomic mass is 16.3. The number of carbonyl (C=O) groups is 1. The molecule has 19 heavy (non-hydrogen) atoms. The van der Waals surface area contributed by atoms with Gasteiger partial charge in [0.2, 0.25) is 0 Å². The van der Waals surface area contributed by atoms with Crippen molar-refractivity contribution < 1.29 is 9.90 Å². The molecule has 1 unspecified atom stereocenters. The number of nitrogens with one attached hydrogen (secondary N) is 1. The van der Waals surface area contributed by atoms with E-state index in [0.717, 1.165) is 5.69 Å². The summed E-state index contributed by atoms with van der Waals surface area (Å²) in [4.78, 5) is 12.2. The van der Waals surface area contributed by atoms with Crippen LogP contribution in [-0.2, 0) is 0 Å². The number of hydrogen-bond acceptors (Lipinski definition) is 3. The van der Waals surface area contributed by atoms with Crippen molar-refractivity contribution in [3.63, 3.8) is 0 Å². The van der Waals surface area contributed by atoms with Gasteiger partial charge in [-0.05, 0) is 31.5 Å². The molecule has 5 heteroatoms. The number of benzene rings is 1. The average Bonchev–Trinajstić information content (AvgIpc) is 2.92. The lowest BCUT2D eigenvalue weighted by atomic mass is 10.1. The zero-order valence-corrected chi connectivity index (χ0v) is 10.8. The molecule has 1 amide bonds. The van der Waals surface area contributed by atoms with E-state index >= 15 is 0 Å². The fraction of sp³-hybridized carbons (Fsp3) is 0.286. The van der Waals surface area contributed by atoms with E-state index in [4.69, 9.17) is 5.11 Å². The van der Waals surface area contributed by atoms with E-state index in [1.54, 1.807) is 23.1 Å². The number of aromatic nitrogens is 2. The van der Waals surface area contributed by atoms with Gasteiger partial charge in [-0.15, -0.1) is 0 Å². The van der Waals surface area contributed by atoms with Crippen LogP contribution >= 0.6 is 0 Å². The van der Waals surface area contributed by atoms with Crippen LogP contribution in [-0.4, -0.2) is 33.4 Å². The Hall–Kier alpha value is -2.14. The summed E-state index contributed by atoms with van der Waals surface area (Å²) >= 11 is 0. The van der Waals surface area contributed by atoms with Crippen LogP contribution in [0, 0.1) is 0 Å². The number of hydrogen-bond donors (Lipinski definition) is 2. The van der Waals surface area contributed by atoms with Crippen molar-refractivity contribution in [1.29, 1.82) is 0 Å². The molecule has 1 aromatic carbocycles. The standard InChI is InChI=1S/C14H17N3O2/c1-11(7-10-18)16-14(19)12-5-2-3-6-13(12)17-9-4-8-15-17/h2-6,8-9,11,18H,7,10H2,1H3,(H,16,19). The molecule has 0 fully saturated rings. The monoisotopic (exact) mass is 259 g/mol. The van der Waals surface area contributed by atoms with Crippen LogP contribution < -0.4 is 5.32 Å². The number of para-hydroxylation sites is 1. The normalized spacial score (nSPS) is 12.1. The quantitative estimate of drug-likeness (QED) is 0.852. The van der Waals surface area contributed by atoms with E-state index in [1.807, 2.05) is 31.2 Å². The number of nitrogens with zero attached hydrogens (tertiary/aromatic N) is 2. The molecule has 1 heterocycles. The van der Waals surface area contributed by atoms with Gasteiger partial charge < -0.3 is 10.4 Å². The van der Waals surface area contributed by atoms with Crippen LogP contribution in [0.3, 0.4) is 0 Å². The molecule has 0 aliphatic rings. The number of aliphatic hydroxyl groups excluding tert-OH is 1. The van der Waals surface area contributed by atoms with Gasteiger partial charge in [-0.3, -0.25) is 4.79 Å². The maximum Gasteiger partial charge on any atom is 0.253 e. The molecule has 1 atom stereocenters. The largest absolute Gasteiger partial charge is 0.396 e. The van der Waals surface area contributed by atoms with E-state index in [0.29, 0.717) is 12.0 Å². The van der Waals surface area contributed by atoms with Gasteiger partial charge in [0.15, 0.2) is 0 Å². The van der Waals surface area contributed by atoms with Crippen LogP contribution in [0.15, 0.2) is 42.7 Å². The van der Waals surface area contributed by atoms with Crippen LogP contribution in [0.25, 0.3) is 5.69 Å². The fourth-order valence-corrected chi connectivity index (χ4v) is 1.84. The second kappa shape index (κ2) is 6.15. The van der Waals surface area contributed by atoms with E-state index in [1.165, 1.54) is 0 Å². The van der Waals surface area contributed by atoms with Crippen molar-refractivity contribution in [2.45, 2.75) is 19.4 Å². The van der Waals surface area contributed by atoms with E-state index in [9.17, 15) is 4.79 Å². The second-order valence-electron chi connectivity index (χ2n) is 4.35. The third-order valence-corrected chi connectivity index (χ3v) is 2.84. The van der Waals surface area contributed by atoms with Crippen LogP contribution in [0.1, 0.15) is 23.7 Å². The van der Waals surface area contributed by atoms with Crippen LogP contribution in [0.4, 0.5) is 0 Å². The molecular formula is C14H17N3O2. The summed E-state index contributed by atoms with van der Waals surface area (Å²) in [6.45, 7) is 1.92. The topological polar surface area (TPSA) is 67.2 Å². The van der Waals surface area contributed by atoms with Crippen molar-refractivity contribution in [2.75, 3.05) is 6.61 Å². The first-order valence-electron chi connectivity index (χ1n) is 6.23. The van der Waals surface area contributed by atoms with Gasteiger partial charge in [0.05, 0.1) is 11.3 Å². The Labute approximate surface area is 111 Å². The molecule has 2 rings (SSSR count). The van der Waals surface area contributed by atoms with E-state index in [-0.39, 0.29) is 18.6 Å². The highest BCUT2D eigenvalue weighted by molar-refractivity contribution is 5.97. The maximum atomic E-state index is 12.2. The highest BCUT2D eigenvalue weighted by Crippen LogP contribution is 2.13. The minimum Gasteiger partial charge on any atom is -0.396 e. The second-order valence-corrected chi connectivity index (χ2v) is 4.35. The van der Waals surface area contributed by atoms with Crippen LogP contribution in [0.5, 0.6) is 0 Å². The summed E-state index contributed by atoms with van der Waals surface area (Å²) in [7, 11) is 0. The number of rotatable bonds is 5. The van der Waals surface area contributed by atoms with Gasteiger partial charge in [-0.25, -0.2) is 4.68 Å². The summed E-state index contributed by atoms with van der Waals surface area (Å²) in [5.74, 6) is -0.160. The summed E-state index contributed by atoms with van der Waals surface area (Å²) < 4.78 is 1.66. The van der Waals surface area contributed by atoms with Gasteiger partial charge in [0.1, 0.15) is 0 Å². The van der Waals surface area contributed by atoms with Gasteiger partial charge in [0.25, 0.3) is 5.91 Å². The van der Waals surface area contributed by atoms with Gasteiger partial charge >= 0.3 is 0 Å². The Morgan fingerprint density at radius 3 is 2.89 bits per heavy atom. The van der Waals surface area contributed by atoms with Crippen molar-refractivity contribution in [3.05, 3.63) is 48.3 Å². The first-order valence-corrected chi connectivity index (χ1v) is 6.23. The Bertz CT molecular complexity index is 537. The lowest BCUT2D eigenvalue weighted by Gasteiger charge is -2.14. The number of aliphatic hydroxyl groups is 1. The molecule has 0 aliphatic heterocycles. The van der Waals surface area contributed by atoms with Crippen LogP contribution in [0.2, 0.25) is 0 Å². The molecule has 0 saturated carbocycles. The summed E-state index contributed by atoms with van der Waals surface area (Å²) in [6.07, 6.45) is 4.00. The molecule has 5 nitrogen and oxygen atoms in total. The third-order valence-electron chi connectivity index (χ3n) is 2.84. The predicted octanol–water partition coefficient (Wildman–Crippen LogP) is 1.37. The van der Waals surface area contributed by atoms with E-state index in [2.05, 4.69) is 10.4 Å². The van der Waals surface area contributed by atoms with E-state index < -0.39 is 0 Å². The molecule has 0 aliphatic carbocycles. The van der Waals surface area contributed by atoms with Crippen molar-refractivity contribution in [2.24, 2.45) is 0 Å². The minimum atomic E-state index is -0.160. The predicted molar refractivity (Wildman–Crippen MR) is 72.2 cm³/mol. The molecule has 0 radical (unpaired) electrons. The van der Waals surface area contributed by atoms with Crippen molar-refractivity contribution >= 4 is 5.91 Å². The zero-order chi connectivity index (χ0) is 13.7. The minimum absolute atomic E-state index is 0.0578. The summed E-state index contributed by atoms with van der Waals surface area (Å²) in [5, 5.41) is 15.9. The average molecular weight is 259 g/mol. The fourth-order valence-electron chi connectivity index (χ4n) is 1.84. The Kier molecular flexibility index (Phi) is 4.30. The zero-order valence-electron chi connectivity index (χ0n) is 10.8. The molecule has 100 valence electrons. The molecular weight excluding hydrogens is 242 g/mol. The SMILES string of the molecule is CC(CCO)NC(=O)c1ccccc1-n1cccn1. The lowest BCUT2D eigenvalue weighted by molar-refractivity contribution is 0.0934. The summed E-state index contributed by atoms with van der Waals surface area (Å²) in [6, 6.07) is 9.03. The van der Waals surface area contributed by atoms with Crippen molar-refractivity contribution in [1.82, 2.24) is 15.1 Å². The number of amides is 1. The highest BCUT2D eigenvalue weighted by Gasteiger charge is 2.14. The smallest absolute Gasteiger partial charge is 0.253 e. The van der Waals surface area contributed by atoms with Crippen molar-refractivity contribution in [3.8, 4) is 5.69 Å². The Morgan fingerprint density at radius 1 is 1.42 bits per heavy atom. The first kappa shape index (κ1) is 13.3. The Morgan fingerprint density at radius 2 is 2.21 bits per heavy atom. The molecule has 0 spiro atoms. The molecule has 2 aromatic rings. The molecule has 0 saturated heterocycles. The van der Waals surface area contributed by atoms with Gasteiger partial charge in [-0.2, -0.15) is 5.10 Å². The van der Waals surface area contributed by atoms with Gasteiger partial charge in [0, 0.05) is 25.0 Å². The van der Waals surface area contributed by atoms with Gasteiger partial charge in [-0.1, -0.05) is 12.1 Å². The molecule has 2 N–H and O–H groups in total.